The van der Waals surface area contributed by atoms with E-state index in [-0.39, 0.29) is 5.89 Å². The normalized spacial score (nSPS) is 11.8. The SMILES string of the molecule is FC(F)(F)c1ccc(-c2nc(Cn3ccnn3)co2)cc1. The second kappa shape index (κ2) is 5.04. The first kappa shape index (κ1) is 13.3. The van der Waals surface area contributed by atoms with Gasteiger partial charge < -0.3 is 4.42 Å². The summed E-state index contributed by atoms with van der Waals surface area (Å²) in [5.41, 5.74) is 0.379. The number of rotatable bonds is 3. The van der Waals surface area contributed by atoms with Crippen LogP contribution in [0.25, 0.3) is 11.5 Å². The minimum Gasteiger partial charge on any atom is -0.444 e. The van der Waals surface area contributed by atoms with Crippen LogP contribution in [0.2, 0.25) is 0 Å². The molecule has 1 aromatic carbocycles. The van der Waals surface area contributed by atoms with E-state index in [1.165, 1.54) is 24.6 Å². The van der Waals surface area contributed by atoms with Gasteiger partial charge in [-0.3, -0.25) is 0 Å². The average Bonchev–Trinajstić information content (AvgIpc) is 3.10. The summed E-state index contributed by atoms with van der Waals surface area (Å²) in [5.74, 6) is 0.263. The summed E-state index contributed by atoms with van der Waals surface area (Å²) in [6.07, 6.45) is 0.297. The van der Waals surface area contributed by atoms with Crippen molar-refractivity contribution in [1.82, 2.24) is 20.0 Å². The largest absolute Gasteiger partial charge is 0.444 e. The van der Waals surface area contributed by atoms with Crippen LogP contribution in [-0.2, 0) is 12.7 Å². The molecule has 0 unspecified atom stereocenters. The third kappa shape index (κ3) is 2.93. The highest BCUT2D eigenvalue weighted by atomic mass is 19.4. The van der Waals surface area contributed by atoms with Crippen molar-refractivity contribution in [2.45, 2.75) is 12.7 Å². The highest BCUT2D eigenvalue weighted by Gasteiger charge is 2.30. The van der Waals surface area contributed by atoms with Gasteiger partial charge in [0.15, 0.2) is 0 Å². The van der Waals surface area contributed by atoms with Crippen molar-refractivity contribution in [3.05, 3.63) is 54.2 Å². The molecule has 0 spiro atoms. The van der Waals surface area contributed by atoms with Crippen molar-refractivity contribution < 1.29 is 17.6 Å². The van der Waals surface area contributed by atoms with E-state index in [2.05, 4.69) is 15.3 Å². The predicted molar refractivity (Wildman–Crippen MR) is 66.1 cm³/mol. The molecule has 0 fully saturated rings. The van der Waals surface area contributed by atoms with Crippen LogP contribution < -0.4 is 0 Å². The van der Waals surface area contributed by atoms with Crippen molar-refractivity contribution >= 4 is 0 Å². The third-order valence-corrected chi connectivity index (χ3v) is 2.81. The Balaban J connectivity index is 1.80. The molecule has 3 rings (SSSR count). The van der Waals surface area contributed by atoms with Crippen molar-refractivity contribution in [3.63, 3.8) is 0 Å². The zero-order chi connectivity index (χ0) is 14.9. The fraction of sp³-hybridized carbons (Fsp3) is 0.154. The lowest BCUT2D eigenvalue weighted by Crippen LogP contribution is -2.04. The molecule has 0 aliphatic heterocycles. The van der Waals surface area contributed by atoms with Crippen molar-refractivity contribution in [2.24, 2.45) is 0 Å². The van der Waals surface area contributed by atoms with Crippen LogP contribution in [0.5, 0.6) is 0 Å². The van der Waals surface area contributed by atoms with Gasteiger partial charge in [0.05, 0.1) is 18.3 Å². The molecule has 21 heavy (non-hydrogen) atoms. The molecule has 108 valence electrons. The minimum atomic E-state index is -4.35. The molecule has 0 N–H and O–H groups in total. The van der Waals surface area contributed by atoms with Gasteiger partial charge in [0, 0.05) is 11.8 Å². The van der Waals surface area contributed by atoms with Crippen LogP contribution in [0.3, 0.4) is 0 Å². The molecule has 5 nitrogen and oxygen atoms in total. The maximum atomic E-state index is 12.5. The van der Waals surface area contributed by atoms with Crippen LogP contribution in [0.15, 0.2) is 47.3 Å². The summed E-state index contributed by atoms with van der Waals surface area (Å²) < 4.78 is 44.3. The summed E-state index contributed by atoms with van der Waals surface area (Å²) in [6, 6.07) is 4.65. The highest BCUT2D eigenvalue weighted by molar-refractivity contribution is 5.53. The fourth-order valence-corrected chi connectivity index (χ4v) is 1.80. The van der Waals surface area contributed by atoms with E-state index in [1.807, 2.05) is 0 Å². The standard InChI is InChI=1S/C13H9F3N4O/c14-13(15,16)10-3-1-9(2-4-10)12-18-11(8-21-12)7-20-6-5-17-19-20/h1-6,8H,7H2. The van der Waals surface area contributed by atoms with Gasteiger partial charge >= 0.3 is 6.18 Å². The lowest BCUT2D eigenvalue weighted by atomic mass is 10.1. The predicted octanol–water partition coefficient (Wildman–Crippen LogP) is 3.00. The third-order valence-electron chi connectivity index (χ3n) is 2.81. The summed E-state index contributed by atoms with van der Waals surface area (Å²) >= 11 is 0. The van der Waals surface area contributed by atoms with Crippen molar-refractivity contribution in [3.8, 4) is 11.5 Å². The van der Waals surface area contributed by atoms with E-state index >= 15 is 0 Å². The number of hydrogen-bond donors (Lipinski definition) is 0. The van der Waals surface area contributed by atoms with Gasteiger partial charge in [-0.1, -0.05) is 5.21 Å². The number of nitrogens with zero attached hydrogens (tertiary/aromatic N) is 4. The fourth-order valence-electron chi connectivity index (χ4n) is 1.80. The smallest absolute Gasteiger partial charge is 0.416 e. The number of alkyl halides is 3. The quantitative estimate of drug-likeness (QED) is 0.745. The first-order valence-electron chi connectivity index (χ1n) is 5.98. The monoisotopic (exact) mass is 294 g/mol. The molecule has 0 atom stereocenters. The lowest BCUT2D eigenvalue weighted by molar-refractivity contribution is -0.137. The van der Waals surface area contributed by atoms with Gasteiger partial charge in [0.2, 0.25) is 5.89 Å². The first-order chi connectivity index (χ1) is 10.0. The van der Waals surface area contributed by atoms with Gasteiger partial charge in [0.1, 0.15) is 12.0 Å². The van der Waals surface area contributed by atoms with Gasteiger partial charge in [0.25, 0.3) is 0 Å². The Kier molecular flexibility index (Phi) is 3.20. The van der Waals surface area contributed by atoms with E-state index in [0.29, 0.717) is 17.8 Å². The van der Waals surface area contributed by atoms with Crippen molar-refractivity contribution in [1.29, 1.82) is 0 Å². The van der Waals surface area contributed by atoms with E-state index in [1.54, 1.807) is 10.9 Å². The number of halogens is 3. The van der Waals surface area contributed by atoms with Crippen LogP contribution in [-0.4, -0.2) is 20.0 Å². The van der Waals surface area contributed by atoms with Gasteiger partial charge in [-0.05, 0) is 24.3 Å². The molecule has 0 aliphatic carbocycles. The number of aromatic nitrogens is 4. The lowest BCUT2D eigenvalue weighted by Gasteiger charge is -2.05. The molecule has 2 aromatic heterocycles. The summed E-state index contributed by atoms with van der Waals surface area (Å²) in [5, 5.41) is 7.46. The zero-order valence-electron chi connectivity index (χ0n) is 10.6. The maximum Gasteiger partial charge on any atom is 0.416 e. The van der Waals surface area contributed by atoms with Gasteiger partial charge in [-0.25, -0.2) is 9.67 Å². The zero-order valence-corrected chi connectivity index (χ0v) is 10.6. The molecule has 0 amide bonds. The van der Waals surface area contributed by atoms with E-state index in [9.17, 15) is 13.2 Å². The Morgan fingerprint density at radius 1 is 1.14 bits per heavy atom. The Morgan fingerprint density at radius 3 is 2.52 bits per heavy atom. The molecule has 0 aliphatic rings. The number of oxazole rings is 1. The molecule has 2 heterocycles. The average molecular weight is 294 g/mol. The Labute approximate surface area is 117 Å². The van der Waals surface area contributed by atoms with E-state index < -0.39 is 11.7 Å². The van der Waals surface area contributed by atoms with Crippen LogP contribution in [0.1, 0.15) is 11.3 Å². The molecule has 8 heteroatoms. The van der Waals surface area contributed by atoms with Gasteiger partial charge in [-0.15, -0.1) is 5.10 Å². The first-order valence-corrected chi connectivity index (χ1v) is 5.98. The minimum absolute atomic E-state index is 0.263. The Morgan fingerprint density at radius 2 is 1.90 bits per heavy atom. The highest BCUT2D eigenvalue weighted by Crippen LogP contribution is 2.30. The Bertz CT molecular complexity index is 717. The number of benzene rings is 1. The van der Waals surface area contributed by atoms with Crippen molar-refractivity contribution in [2.75, 3.05) is 0 Å². The molecule has 0 saturated carbocycles. The summed E-state index contributed by atoms with van der Waals surface area (Å²) in [7, 11) is 0. The maximum absolute atomic E-state index is 12.5. The molecular formula is C13H9F3N4O. The van der Waals surface area contributed by atoms with Crippen LogP contribution in [0.4, 0.5) is 13.2 Å². The van der Waals surface area contributed by atoms with Crippen LogP contribution >= 0.6 is 0 Å². The molecule has 0 radical (unpaired) electrons. The molecule has 3 aromatic rings. The number of hydrogen-bond acceptors (Lipinski definition) is 4. The molecule has 0 bridgehead atoms. The second-order valence-electron chi connectivity index (χ2n) is 4.32. The van der Waals surface area contributed by atoms with E-state index in [4.69, 9.17) is 4.42 Å². The van der Waals surface area contributed by atoms with E-state index in [0.717, 1.165) is 12.1 Å². The van der Waals surface area contributed by atoms with Crippen LogP contribution in [0, 0.1) is 0 Å². The van der Waals surface area contributed by atoms with Gasteiger partial charge in [-0.2, -0.15) is 13.2 Å². The Hall–Kier alpha value is -2.64. The second-order valence-corrected chi connectivity index (χ2v) is 4.32. The summed E-state index contributed by atoms with van der Waals surface area (Å²) in [6.45, 7) is 0.379. The molecule has 0 saturated heterocycles. The summed E-state index contributed by atoms with van der Waals surface area (Å²) in [4.78, 5) is 4.21. The topological polar surface area (TPSA) is 56.7 Å². The molecular weight excluding hydrogens is 285 g/mol.